The van der Waals surface area contributed by atoms with E-state index in [-0.39, 0.29) is 5.63 Å². The standard InChI is InChI=1S/C22H28O5/c1-3-4-5-6-9-15-12-18-16-10-7-8-11-17(16)22(25)27-20(18)13-19(15)26-14(2)21(23)24/h12-14H,3-11H2,1-2H3,(H,23,24). The van der Waals surface area contributed by atoms with Gasteiger partial charge in [0.25, 0.3) is 0 Å². The second-order valence-electron chi connectivity index (χ2n) is 7.42. The first-order valence-corrected chi connectivity index (χ1v) is 10.0. The minimum Gasteiger partial charge on any atom is -0.479 e. The molecule has 0 amide bonds. The van der Waals surface area contributed by atoms with E-state index in [1.165, 1.54) is 13.3 Å². The van der Waals surface area contributed by atoms with Gasteiger partial charge in [-0.3, -0.25) is 0 Å². The van der Waals surface area contributed by atoms with Gasteiger partial charge in [0, 0.05) is 17.0 Å². The van der Waals surface area contributed by atoms with Gasteiger partial charge in [0.15, 0.2) is 6.10 Å². The number of ether oxygens (including phenoxy) is 1. The predicted molar refractivity (Wildman–Crippen MR) is 105 cm³/mol. The van der Waals surface area contributed by atoms with Gasteiger partial charge < -0.3 is 14.3 Å². The van der Waals surface area contributed by atoms with Crippen LogP contribution in [0.4, 0.5) is 0 Å². The zero-order chi connectivity index (χ0) is 19.4. The molecule has 1 aromatic carbocycles. The maximum Gasteiger partial charge on any atom is 0.344 e. The molecule has 1 aromatic heterocycles. The maximum atomic E-state index is 12.3. The lowest BCUT2D eigenvalue weighted by Gasteiger charge is -2.19. The van der Waals surface area contributed by atoms with E-state index in [0.717, 1.165) is 73.4 Å². The van der Waals surface area contributed by atoms with Crippen LogP contribution in [-0.4, -0.2) is 17.2 Å². The number of unbranched alkanes of at least 4 members (excludes halogenated alkanes) is 3. The Kier molecular flexibility index (Phi) is 6.19. The number of aliphatic carboxylic acids is 1. The summed E-state index contributed by atoms with van der Waals surface area (Å²) in [6.45, 7) is 3.68. The third-order valence-electron chi connectivity index (χ3n) is 5.36. The Morgan fingerprint density at radius 2 is 1.93 bits per heavy atom. The average molecular weight is 372 g/mol. The van der Waals surface area contributed by atoms with Crippen molar-refractivity contribution in [2.24, 2.45) is 0 Å². The summed E-state index contributed by atoms with van der Waals surface area (Å²) in [6.07, 6.45) is 8.12. The van der Waals surface area contributed by atoms with Gasteiger partial charge in [-0.05, 0) is 62.6 Å². The van der Waals surface area contributed by atoms with Crippen LogP contribution in [0.25, 0.3) is 11.0 Å². The number of carbonyl (C=O) groups is 1. The van der Waals surface area contributed by atoms with Crippen LogP contribution in [0, 0.1) is 0 Å². The summed E-state index contributed by atoms with van der Waals surface area (Å²) in [4.78, 5) is 23.6. The average Bonchev–Trinajstić information content (AvgIpc) is 2.66. The van der Waals surface area contributed by atoms with Crippen molar-refractivity contribution in [3.63, 3.8) is 0 Å². The summed E-state index contributed by atoms with van der Waals surface area (Å²) in [6, 6.07) is 3.76. The number of benzene rings is 1. The van der Waals surface area contributed by atoms with Crippen LogP contribution in [0.1, 0.15) is 69.1 Å². The lowest BCUT2D eigenvalue weighted by Crippen LogP contribution is -2.23. The fraction of sp³-hybridized carbons (Fsp3) is 0.545. The summed E-state index contributed by atoms with van der Waals surface area (Å²) >= 11 is 0. The maximum absolute atomic E-state index is 12.3. The van der Waals surface area contributed by atoms with E-state index in [0.29, 0.717) is 11.3 Å². The number of carboxylic acid groups (broad SMARTS) is 1. The number of aryl methyl sites for hydroxylation is 2. The molecule has 0 saturated heterocycles. The minimum absolute atomic E-state index is 0.273. The van der Waals surface area contributed by atoms with Crippen LogP contribution >= 0.6 is 0 Å². The number of fused-ring (bicyclic) bond motifs is 3. The SMILES string of the molecule is CCCCCCc1cc2c3c(c(=O)oc2cc1OC(C)C(=O)O)CCCC3. The van der Waals surface area contributed by atoms with Crippen molar-refractivity contribution in [1.82, 2.24) is 0 Å². The molecule has 1 N–H and O–H groups in total. The van der Waals surface area contributed by atoms with Crippen LogP contribution in [0.3, 0.4) is 0 Å². The zero-order valence-corrected chi connectivity index (χ0v) is 16.2. The first kappa shape index (κ1) is 19.5. The Morgan fingerprint density at radius 3 is 2.63 bits per heavy atom. The molecule has 5 nitrogen and oxygen atoms in total. The van der Waals surface area contributed by atoms with E-state index in [1.807, 2.05) is 0 Å². The van der Waals surface area contributed by atoms with Crippen molar-refractivity contribution in [3.05, 3.63) is 39.2 Å². The van der Waals surface area contributed by atoms with Gasteiger partial charge in [-0.1, -0.05) is 26.2 Å². The molecule has 1 atom stereocenters. The van der Waals surface area contributed by atoms with Crippen molar-refractivity contribution in [3.8, 4) is 5.75 Å². The highest BCUT2D eigenvalue weighted by Crippen LogP contribution is 2.33. The molecule has 1 aliphatic rings. The van der Waals surface area contributed by atoms with E-state index in [9.17, 15) is 14.7 Å². The lowest BCUT2D eigenvalue weighted by molar-refractivity contribution is -0.144. The molecule has 0 aliphatic heterocycles. The molecule has 0 bridgehead atoms. The Balaban J connectivity index is 2.04. The normalized spacial score (nSPS) is 14.7. The van der Waals surface area contributed by atoms with E-state index in [1.54, 1.807) is 6.07 Å². The molecule has 2 aromatic rings. The Morgan fingerprint density at radius 1 is 1.19 bits per heavy atom. The number of carboxylic acids is 1. The van der Waals surface area contributed by atoms with E-state index in [2.05, 4.69) is 13.0 Å². The van der Waals surface area contributed by atoms with Gasteiger partial charge in [0.2, 0.25) is 0 Å². The van der Waals surface area contributed by atoms with Crippen LogP contribution in [-0.2, 0) is 24.1 Å². The summed E-state index contributed by atoms with van der Waals surface area (Å²) < 4.78 is 11.3. The van der Waals surface area contributed by atoms with Crippen LogP contribution in [0.2, 0.25) is 0 Å². The summed E-state index contributed by atoms with van der Waals surface area (Å²) in [5.41, 5.74) is 3.11. The quantitative estimate of drug-likeness (QED) is 0.539. The highest BCUT2D eigenvalue weighted by molar-refractivity contribution is 5.84. The van der Waals surface area contributed by atoms with Gasteiger partial charge in [0.1, 0.15) is 11.3 Å². The Bertz CT molecular complexity index is 880. The van der Waals surface area contributed by atoms with Crippen LogP contribution in [0.15, 0.2) is 21.3 Å². The monoisotopic (exact) mass is 372 g/mol. The molecule has 0 radical (unpaired) electrons. The molecular weight excluding hydrogens is 344 g/mol. The van der Waals surface area contributed by atoms with E-state index >= 15 is 0 Å². The van der Waals surface area contributed by atoms with Crippen molar-refractivity contribution >= 4 is 16.9 Å². The number of hydrogen-bond donors (Lipinski definition) is 1. The molecule has 1 unspecified atom stereocenters. The first-order chi connectivity index (χ1) is 13.0. The Hall–Kier alpha value is -2.30. The molecular formula is C22H28O5. The molecule has 0 fully saturated rings. The fourth-order valence-corrected chi connectivity index (χ4v) is 3.80. The topological polar surface area (TPSA) is 76.7 Å². The second-order valence-corrected chi connectivity index (χ2v) is 7.42. The molecule has 1 heterocycles. The third kappa shape index (κ3) is 4.34. The van der Waals surface area contributed by atoms with E-state index < -0.39 is 12.1 Å². The van der Waals surface area contributed by atoms with Crippen molar-refractivity contribution in [2.45, 2.75) is 77.7 Å². The lowest BCUT2D eigenvalue weighted by atomic mass is 9.89. The smallest absolute Gasteiger partial charge is 0.344 e. The summed E-state index contributed by atoms with van der Waals surface area (Å²) in [5, 5.41) is 10.2. The molecule has 1 aliphatic carbocycles. The van der Waals surface area contributed by atoms with Crippen LogP contribution < -0.4 is 10.4 Å². The number of hydrogen-bond acceptors (Lipinski definition) is 4. The van der Waals surface area contributed by atoms with Gasteiger partial charge in [-0.15, -0.1) is 0 Å². The van der Waals surface area contributed by atoms with Crippen molar-refractivity contribution in [2.75, 3.05) is 0 Å². The fourth-order valence-electron chi connectivity index (χ4n) is 3.80. The predicted octanol–water partition coefficient (Wildman–Crippen LogP) is 4.65. The van der Waals surface area contributed by atoms with Gasteiger partial charge in [-0.25, -0.2) is 9.59 Å². The van der Waals surface area contributed by atoms with Gasteiger partial charge in [0.05, 0.1) is 0 Å². The molecule has 146 valence electrons. The van der Waals surface area contributed by atoms with Crippen molar-refractivity contribution in [1.29, 1.82) is 0 Å². The van der Waals surface area contributed by atoms with Gasteiger partial charge >= 0.3 is 11.6 Å². The second kappa shape index (κ2) is 8.59. The third-order valence-corrected chi connectivity index (χ3v) is 5.36. The van der Waals surface area contributed by atoms with Gasteiger partial charge in [-0.2, -0.15) is 0 Å². The number of rotatable bonds is 8. The first-order valence-electron chi connectivity index (χ1n) is 10.0. The Labute approximate surface area is 159 Å². The molecule has 3 rings (SSSR count). The highest BCUT2D eigenvalue weighted by Gasteiger charge is 2.21. The zero-order valence-electron chi connectivity index (χ0n) is 16.2. The summed E-state index contributed by atoms with van der Waals surface area (Å²) in [5.74, 6) is -0.508. The minimum atomic E-state index is -1.01. The molecule has 0 saturated carbocycles. The van der Waals surface area contributed by atoms with Crippen molar-refractivity contribution < 1.29 is 19.1 Å². The largest absolute Gasteiger partial charge is 0.479 e. The molecule has 27 heavy (non-hydrogen) atoms. The highest BCUT2D eigenvalue weighted by atomic mass is 16.5. The van der Waals surface area contributed by atoms with E-state index in [4.69, 9.17) is 9.15 Å². The molecule has 0 spiro atoms. The van der Waals surface area contributed by atoms with Crippen LogP contribution in [0.5, 0.6) is 5.75 Å². The summed E-state index contributed by atoms with van der Waals surface area (Å²) in [7, 11) is 0. The molecule has 5 heteroatoms.